The van der Waals surface area contributed by atoms with E-state index < -0.39 is 0 Å². The zero-order valence-electron chi connectivity index (χ0n) is 12.4. The first kappa shape index (κ1) is 13.9. The van der Waals surface area contributed by atoms with E-state index in [2.05, 4.69) is 61.7 Å². The van der Waals surface area contributed by atoms with Gasteiger partial charge in [-0.3, -0.25) is 5.84 Å². The monoisotopic (exact) mass is 280 g/mol. The molecule has 0 fully saturated rings. The lowest BCUT2D eigenvalue weighted by molar-refractivity contribution is 0.477. The molecule has 108 valence electrons. The van der Waals surface area contributed by atoms with Crippen LogP contribution in [0.5, 0.6) is 0 Å². The molecule has 3 N–H and O–H groups in total. The fourth-order valence-electron chi connectivity index (χ4n) is 2.66. The molecule has 0 radical (unpaired) electrons. The van der Waals surface area contributed by atoms with Crippen LogP contribution in [0, 0.1) is 6.92 Å². The summed E-state index contributed by atoms with van der Waals surface area (Å²) in [5.41, 5.74) is 7.39. The second kappa shape index (κ2) is 5.72. The first-order chi connectivity index (χ1) is 10.2. The van der Waals surface area contributed by atoms with E-state index in [1.807, 2.05) is 6.07 Å². The fourth-order valence-corrected chi connectivity index (χ4v) is 2.66. The van der Waals surface area contributed by atoms with E-state index in [1.54, 1.807) is 0 Å². The number of hydrogen-bond donors (Lipinski definition) is 2. The molecule has 0 bridgehead atoms. The van der Waals surface area contributed by atoms with Crippen LogP contribution in [-0.4, -0.2) is 0 Å². The lowest BCUT2D eigenvalue weighted by Gasteiger charge is -2.14. The van der Waals surface area contributed by atoms with Gasteiger partial charge in [0.15, 0.2) is 0 Å². The molecule has 21 heavy (non-hydrogen) atoms. The summed E-state index contributed by atoms with van der Waals surface area (Å²) in [4.78, 5) is 0. The largest absolute Gasteiger partial charge is 0.459 e. The molecule has 0 amide bonds. The Morgan fingerprint density at radius 1 is 1.14 bits per heavy atom. The van der Waals surface area contributed by atoms with Crippen molar-refractivity contribution in [2.75, 3.05) is 0 Å². The number of rotatable bonds is 4. The predicted molar refractivity (Wildman–Crippen MR) is 85.9 cm³/mol. The van der Waals surface area contributed by atoms with E-state index in [4.69, 9.17) is 10.3 Å². The molecule has 3 rings (SSSR count). The van der Waals surface area contributed by atoms with Crippen LogP contribution in [0.25, 0.3) is 11.0 Å². The maximum atomic E-state index is 5.96. The summed E-state index contributed by atoms with van der Waals surface area (Å²) >= 11 is 0. The average Bonchev–Trinajstić information content (AvgIpc) is 2.91. The molecule has 1 unspecified atom stereocenters. The Balaban J connectivity index is 2.04. The van der Waals surface area contributed by atoms with E-state index >= 15 is 0 Å². The van der Waals surface area contributed by atoms with Gasteiger partial charge in [-0.1, -0.05) is 42.8 Å². The maximum absolute atomic E-state index is 5.96. The fraction of sp³-hybridized carbons (Fsp3) is 0.222. The van der Waals surface area contributed by atoms with Crippen LogP contribution in [0.4, 0.5) is 0 Å². The average molecular weight is 280 g/mol. The number of fused-ring (bicyclic) bond motifs is 1. The lowest BCUT2D eigenvalue weighted by atomic mass is 10.0. The van der Waals surface area contributed by atoms with Crippen LogP contribution >= 0.6 is 0 Å². The minimum Gasteiger partial charge on any atom is -0.459 e. The predicted octanol–water partition coefficient (Wildman–Crippen LogP) is 3.86. The third kappa shape index (κ3) is 2.71. The highest BCUT2D eigenvalue weighted by Gasteiger charge is 2.17. The third-order valence-corrected chi connectivity index (χ3v) is 3.83. The molecule has 0 aliphatic rings. The van der Waals surface area contributed by atoms with Crippen LogP contribution in [-0.2, 0) is 6.42 Å². The van der Waals surface area contributed by atoms with Gasteiger partial charge in [-0.2, -0.15) is 0 Å². The Kier molecular flexibility index (Phi) is 3.78. The molecule has 0 saturated heterocycles. The zero-order valence-corrected chi connectivity index (χ0v) is 12.4. The summed E-state index contributed by atoms with van der Waals surface area (Å²) in [6.45, 7) is 4.23. The third-order valence-electron chi connectivity index (χ3n) is 3.83. The maximum Gasteiger partial charge on any atom is 0.134 e. The van der Waals surface area contributed by atoms with Gasteiger partial charge in [-0.05, 0) is 42.7 Å². The van der Waals surface area contributed by atoms with Crippen LogP contribution in [0.1, 0.15) is 35.4 Å². The number of benzene rings is 2. The van der Waals surface area contributed by atoms with Gasteiger partial charge in [-0.25, -0.2) is 5.43 Å². The number of aryl methyl sites for hydroxylation is 2. The molecule has 0 saturated carbocycles. The Morgan fingerprint density at radius 3 is 2.76 bits per heavy atom. The summed E-state index contributed by atoms with van der Waals surface area (Å²) in [7, 11) is 0. The highest BCUT2D eigenvalue weighted by molar-refractivity contribution is 5.78. The quantitative estimate of drug-likeness (QED) is 0.563. The lowest BCUT2D eigenvalue weighted by Crippen LogP contribution is -2.28. The van der Waals surface area contributed by atoms with Crippen molar-refractivity contribution in [3.63, 3.8) is 0 Å². The molecule has 3 heteroatoms. The summed E-state index contributed by atoms with van der Waals surface area (Å²) < 4.78 is 5.96. The van der Waals surface area contributed by atoms with E-state index in [0.717, 1.165) is 28.7 Å². The van der Waals surface area contributed by atoms with Crippen LogP contribution in [0.15, 0.2) is 52.9 Å². The minimum atomic E-state index is -0.135. The Bertz CT molecular complexity index is 761. The van der Waals surface area contributed by atoms with E-state index in [1.165, 1.54) is 11.1 Å². The van der Waals surface area contributed by atoms with E-state index in [-0.39, 0.29) is 6.04 Å². The van der Waals surface area contributed by atoms with Gasteiger partial charge in [0.1, 0.15) is 17.4 Å². The molecule has 0 aliphatic carbocycles. The molecule has 1 heterocycles. The van der Waals surface area contributed by atoms with Crippen molar-refractivity contribution >= 4 is 11.0 Å². The Hall–Kier alpha value is -2.10. The second-order valence-corrected chi connectivity index (χ2v) is 5.39. The van der Waals surface area contributed by atoms with Crippen molar-refractivity contribution in [2.45, 2.75) is 26.3 Å². The molecule has 2 aromatic carbocycles. The van der Waals surface area contributed by atoms with Crippen molar-refractivity contribution in [1.29, 1.82) is 0 Å². The van der Waals surface area contributed by atoms with Crippen LogP contribution < -0.4 is 11.3 Å². The number of furan rings is 1. The number of nitrogens with one attached hydrogen (secondary N) is 1. The standard InChI is InChI=1S/C18H20N2O/c1-3-13-5-4-6-14(10-13)18(20-19)17-11-15-9-12(2)7-8-16(15)21-17/h4-11,18,20H,3,19H2,1-2H3. The molecule has 1 aromatic heterocycles. The molecule has 3 aromatic rings. The molecule has 0 aliphatic heterocycles. The van der Waals surface area contributed by atoms with Gasteiger partial charge in [0.05, 0.1) is 0 Å². The van der Waals surface area contributed by atoms with Crippen molar-refractivity contribution in [1.82, 2.24) is 5.43 Å². The Morgan fingerprint density at radius 2 is 2.00 bits per heavy atom. The summed E-state index contributed by atoms with van der Waals surface area (Å²) in [5, 5.41) is 1.11. The van der Waals surface area contributed by atoms with Gasteiger partial charge < -0.3 is 4.42 Å². The summed E-state index contributed by atoms with van der Waals surface area (Å²) in [5.74, 6) is 6.61. The zero-order chi connectivity index (χ0) is 14.8. The minimum absolute atomic E-state index is 0.135. The van der Waals surface area contributed by atoms with Crippen molar-refractivity contribution < 1.29 is 4.42 Å². The molecule has 0 spiro atoms. The van der Waals surface area contributed by atoms with E-state index in [9.17, 15) is 0 Å². The highest BCUT2D eigenvalue weighted by Crippen LogP contribution is 2.28. The number of hydrazine groups is 1. The van der Waals surface area contributed by atoms with Gasteiger partial charge in [0.25, 0.3) is 0 Å². The highest BCUT2D eigenvalue weighted by atomic mass is 16.3. The van der Waals surface area contributed by atoms with Crippen LogP contribution in [0.2, 0.25) is 0 Å². The van der Waals surface area contributed by atoms with Crippen LogP contribution in [0.3, 0.4) is 0 Å². The molecule has 1 atom stereocenters. The van der Waals surface area contributed by atoms with Crippen molar-refractivity contribution in [3.8, 4) is 0 Å². The normalized spacial score (nSPS) is 12.7. The molecule has 3 nitrogen and oxygen atoms in total. The number of nitrogens with two attached hydrogens (primary N) is 1. The van der Waals surface area contributed by atoms with Crippen molar-refractivity contribution in [3.05, 3.63) is 71.0 Å². The summed E-state index contributed by atoms with van der Waals surface area (Å²) in [6, 6.07) is 16.5. The number of hydrogen-bond acceptors (Lipinski definition) is 3. The Labute approximate surface area is 124 Å². The van der Waals surface area contributed by atoms with Gasteiger partial charge >= 0.3 is 0 Å². The van der Waals surface area contributed by atoms with Gasteiger partial charge in [-0.15, -0.1) is 0 Å². The first-order valence-electron chi connectivity index (χ1n) is 7.26. The second-order valence-electron chi connectivity index (χ2n) is 5.39. The van der Waals surface area contributed by atoms with Crippen molar-refractivity contribution in [2.24, 2.45) is 5.84 Å². The van der Waals surface area contributed by atoms with Gasteiger partial charge in [0.2, 0.25) is 0 Å². The topological polar surface area (TPSA) is 51.2 Å². The summed E-state index contributed by atoms with van der Waals surface area (Å²) in [6.07, 6.45) is 1.00. The van der Waals surface area contributed by atoms with E-state index in [0.29, 0.717) is 0 Å². The smallest absolute Gasteiger partial charge is 0.134 e. The first-order valence-corrected chi connectivity index (χ1v) is 7.26. The molecular weight excluding hydrogens is 260 g/mol. The molecular formula is C18H20N2O. The SMILES string of the molecule is CCc1cccc(C(NN)c2cc3cc(C)ccc3o2)c1. The van der Waals surface area contributed by atoms with Gasteiger partial charge in [0, 0.05) is 5.39 Å².